The highest BCUT2D eigenvalue weighted by Gasteiger charge is 2.19. The third-order valence-electron chi connectivity index (χ3n) is 5.43. The van der Waals surface area contributed by atoms with E-state index in [1.165, 1.54) is 4.57 Å². The molecule has 0 spiro atoms. The smallest absolute Gasteiger partial charge is 0.273 e. The largest absolute Gasteiger partial charge is 0.497 e. The number of nitrogens with zero attached hydrogens (tertiary/aromatic N) is 2. The Kier molecular flexibility index (Phi) is 7.24. The maximum absolute atomic E-state index is 13.5. The lowest BCUT2D eigenvalue weighted by Gasteiger charge is -2.13. The number of hydrogen-bond donors (Lipinski definition) is 1. The molecule has 1 aromatic heterocycles. The number of amides is 1. The number of para-hydroxylation sites is 1. The highest BCUT2D eigenvalue weighted by molar-refractivity contribution is 7.07. The molecule has 0 fully saturated rings. The van der Waals surface area contributed by atoms with Crippen molar-refractivity contribution in [3.05, 3.63) is 116 Å². The number of thiazole rings is 1. The standard InChI is InChI=1S/C28H23N3O3S/c1-19(21-11-5-3-6-12-21)30-26(32)24(18-29)28-31(22-13-7-4-8-14-22)27(33)25(35-28)17-20-10-9-15-23(16-20)34-2/h3-17,19H,1-2H3,(H,30,32). The van der Waals surface area contributed by atoms with Gasteiger partial charge in [-0.2, -0.15) is 5.26 Å². The molecular formula is C28H23N3O3S. The molecule has 0 aliphatic carbocycles. The van der Waals surface area contributed by atoms with Crippen LogP contribution in [0, 0.1) is 11.3 Å². The number of nitrogens with one attached hydrogen (secondary N) is 1. The third-order valence-corrected chi connectivity index (χ3v) is 6.52. The van der Waals surface area contributed by atoms with Crippen molar-refractivity contribution < 1.29 is 9.53 Å². The first kappa shape index (κ1) is 23.7. The van der Waals surface area contributed by atoms with Gasteiger partial charge in [0, 0.05) is 0 Å². The zero-order valence-electron chi connectivity index (χ0n) is 19.3. The van der Waals surface area contributed by atoms with Crippen LogP contribution in [0.1, 0.15) is 24.1 Å². The topological polar surface area (TPSA) is 84.1 Å². The number of hydrogen-bond acceptors (Lipinski definition) is 5. The van der Waals surface area contributed by atoms with Gasteiger partial charge >= 0.3 is 0 Å². The molecule has 6 nitrogen and oxygen atoms in total. The molecule has 7 heteroatoms. The minimum Gasteiger partial charge on any atom is -0.497 e. The van der Waals surface area contributed by atoms with E-state index >= 15 is 0 Å². The van der Waals surface area contributed by atoms with Crippen molar-refractivity contribution in [2.45, 2.75) is 13.0 Å². The summed E-state index contributed by atoms with van der Waals surface area (Å²) < 4.78 is 7.37. The molecule has 0 aliphatic rings. The lowest BCUT2D eigenvalue weighted by atomic mass is 10.1. The molecule has 1 atom stereocenters. The molecule has 1 unspecified atom stereocenters. The molecule has 1 amide bonds. The van der Waals surface area contributed by atoms with E-state index in [-0.39, 0.29) is 21.8 Å². The molecule has 1 heterocycles. The van der Waals surface area contributed by atoms with Gasteiger partial charge in [-0.05, 0) is 48.4 Å². The Balaban J connectivity index is 1.89. The van der Waals surface area contributed by atoms with E-state index in [1.54, 1.807) is 37.5 Å². The Morgan fingerprint density at radius 2 is 1.74 bits per heavy atom. The number of benzene rings is 3. The lowest BCUT2D eigenvalue weighted by Crippen LogP contribution is -2.34. The van der Waals surface area contributed by atoms with Gasteiger partial charge in [0.1, 0.15) is 16.5 Å². The number of ether oxygens (including phenoxy) is 1. The van der Waals surface area contributed by atoms with E-state index in [4.69, 9.17) is 4.74 Å². The van der Waals surface area contributed by atoms with E-state index in [2.05, 4.69) is 5.32 Å². The Labute approximate surface area is 206 Å². The fourth-order valence-electron chi connectivity index (χ4n) is 3.63. The zero-order valence-corrected chi connectivity index (χ0v) is 20.1. The van der Waals surface area contributed by atoms with Crippen molar-refractivity contribution in [2.75, 3.05) is 7.11 Å². The van der Waals surface area contributed by atoms with Gasteiger partial charge in [0.05, 0.1) is 23.4 Å². The van der Waals surface area contributed by atoms with E-state index in [9.17, 15) is 14.9 Å². The van der Waals surface area contributed by atoms with Gasteiger partial charge in [-0.3, -0.25) is 14.2 Å². The summed E-state index contributed by atoms with van der Waals surface area (Å²) in [6.07, 6.45) is 1.73. The van der Waals surface area contributed by atoms with E-state index in [0.29, 0.717) is 16.0 Å². The fraction of sp³-hybridized carbons (Fsp3) is 0.107. The summed E-state index contributed by atoms with van der Waals surface area (Å²) in [5.41, 5.74) is 1.83. The molecule has 1 N–H and O–H groups in total. The summed E-state index contributed by atoms with van der Waals surface area (Å²) in [6.45, 7) is 1.85. The Bertz CT molecular complexity index is 1570. The molecule has 35 heavy (non-hydrogen) atoms. The molecule has 174 valence electrons. The first-order valence-electron chi connectivity index (χ1n) is 10.9. The summed E-state index contributed by atoms with van der Waals surface area (Å²) in [7, 11) is 1.58. The van der Waals surface area contributed by atoms with Crippen LogP contribution in [-0.4, -0.2) is 17.6 Å². The van der Waals surface area contributed by atoms with Crippen LogP contribution in [0.4, 0.5) is 0 Å². The van der Waals surface area contributed by atoms with Gasteiger partial charge in [0.2, 0.25) is 0 Å². The van der Waals surface area contributed by atoms with Gasteiger partial charge in [0.25, 0.3) is 11.5 Å². The van der Waals surface area contributed by atoms with Crippen LogP contribution >= 0.6 is 11.3 Å². The molecule has 0 saturated heterocycles. The number of carbonyl (C=O) groups excluding carboxylic acids is 1. The van der Waals surface area contributed by atoms with Crippen LogP contribution in [0.25, 0.3) is 17.3 Å². The van der Waals surface area contributed by atoms with Crippen molar-refractivity contribution >= 4 is 28.9 Å². The third kappa shape index (κ3) is 5.24. The highest BCUT2D eigenvalue weighted by atomic mass is 32.1. The molecule has 4 rings (SSSR count). The second-order valence-corrected chi connectivity index (χ2v) is 8.79. The number of methoxy groups -OCH3 is 1. The number of aromatic nitrogens is 1. The zero-order chi connectivity index (χ0) is 24.8. The van der Waals surface area contributed by atoms with E-state index in [1.807, 2.05) is 73.7 Å². The van der Waals surface area contributed by atoms with E-state index in [0.717, 1.165) is 22.5 Å². The van der Waals surface area contributed by atoms with Crippen LogP contribution in [0.15, 0.2) is 89.7 Å². The first-order chi connectivity index (χ1) is 17.0. The number of carbonyl (C=O) groups is 1. The van der Waals surface area contributed by atoms with Gasteiger partial charge in [0.15, 0.2) is 5.57 Å². The minimum atomic E-state index is -0.539. The SMILES string of the molecule is COc1cccc(C=c2sc(=C(C#N)C(=O)NC(C)c3ccccc3)n(-c3ccccc3)c2=O)c1. The molecule has 0 saturated carbocycles. The average molecular weight is 482 g/mol. The van der Waals surface area contributed by atoms with E-state index < -0.39 is 5.91 Å². The Morgan fingerprint density at radius 1 is 1.06 bits per heavy atom. The average Bonchev–Trinajstić information content (AvgIpc) is 3.20. The van der Waals surface area contributed by atoms with Crippen LogP contribution in [0.2, 0.25) is 0 Å². The van der Waals surface area contributed by atoms with Gasteiger partial charge in [-0.25, -0.2) is 0 Å². The molecule has 0 radical (unpaired) electrons. The van der Waals surface area contributed by atoms with Gasteiger partial charge in [-0.15, -0.1) is 11.3 Å². The summed E-state index contributed by atoms with van der Waals surface area (Å²) in [5.74, 6) is 0.125. The summed E-state index contributed by atoms with van der Waals surface area (Å²) in [4.78, 5) is 26.7. The van der Waals surface area contributed by atoms with Crippen LogP contribution < -0.4 is 24.8 Å². The van der Waals surface area contributed by atoms with Crippen LogP contribution in [0.5, 0.6) is 5.75 Å². The van der Waals surface area contributed by atoms with Crippen molar-refractivity contribution in [3.8, 4) is 17.5 Å². The highest BCUT2D eigenvalue weighted by Crippen LogP contribution is 2.14. The first-order valence-corrected chi connectivity index (χ1v) is 11.8. The van der Waals surface area contributed by atoms with Crippen LogP contribution in [0.3, 0.4) is 0 Å². The minimum absolute atomic E-state index is 0.121. The quantitative estimate of drug-likeness (QED) is 0.458. The van der Waals surface area contributed by atoms with Crippen molar-refractivity contribution in [3.63, 3.8) is 0 Å². The van der Waals surface area contributed by atoms with Crippen LogP contribution in [-0.2, 0) is 4.79 Å². The Hall–Kier alpha value is -4.41. The molecular weight excluding hydrogens is 458 g/mol. The molecule has 0 aliphatic heterocycles. The second kappa shape index (κ2) is 10.7. The molecule has 4 aromatic rings. The predicted molar refractivity (Wildman–Crippen MR) is 138 cm³/mol. The van der Waals surface area contributed by atoms with Crippen molar-refractivity contribution in [1.82, 2.24) is 9.88 Å². The summed E-state index contributed by atoms with van der Waals surface area (Å²) >= 11 is 1.11. The number of rotatable bonds is 6. The Morgan fingerprint density at radius 3 is 2.40 bits per heavy atom. The monoisotopic (exact) mass is 481 g/mol. The lowest BCUT2D eigenvalue weighted by molar-refractivity contribution is -0.116. The second-order valence-electron chi connectivity index (χ2n) is 7.76. The maximum Gasteiger partial charge on any atom is 0.273 e. The number of nitriles is 1. The van der Waals surface area contributed by atoms with Gasteiger partial charge < -0.3 is 10.1 Å². The van der Waals surface area contributed by atoms with Crippen molar-refractivity contribution in [1.29, 1.82) is 5.26 Å². The summed E-state index contributed by atoms with van der Waals surface area (Å²) in [6, 6.07) is 27.5. The molecule has 0 bridgehead atoms. The van der Waals surface area contributed by atoms with Gasteiger partial charge in [-0.1, -0.05) is 60.7 Å². The van der Waals surface area contributed by atoms with Crippen molar-refractivity contribution in [2.24, 2.45) is 0 Å². The summed E-state index contributed by atoms with van der Waals surface area (Å²) in [5, 5.41) is 12.9. The predicted octanol–water partition coefficient (Wildman–Crippen LogP) is 3.29. The maximum atomic E-state index is 13.5. The molecule has 3 aromatic carbocycles. The normalized spacial score (nSPS) is 13.0. The fourth-order valence-corrected chi connectivity index (χ4v) is 4.74.